The lowest BCUT2D eigenvalue weighted by atomic mass is 9.92. The van der Waals surface area contributed by atoms with Crippen molar-refractivity contribution in [1.82, 2.24) is 14.9 Å². The Morgan fingerprint density at radius 1 is 1.23 bits per heavy atom. The monoisotopic (exact) mass is 616 g/mol. The van der Waals surface area contributed by atoms with Gasteiger partial charge >= 0.3 is 12.2 Å². The number of likely N-dealkylation sites (N-methyl/N-ethyl adjacent to an activating group) is 1. The van der Waals surface area contributed by atoms with E-state index in [2.05, 4.69) is 9.97 Å². The van der Waals surface area contributed by atoms with Crippen LogP contribution in [0.3, 0.4) is 0 Å². The van der Waals surface area contributed by atoms with Crippen molar-refractivity contribution < 1.29 is 31.5 Å². The Kier molecular flexibility index (Phi) is 7.64. The van der Waals surface area contributed by atoms with Crippen molar-refractivity contribution in [2.75, 3.05) is 38.4 Å². The molecule has 224 valence electrons. The smallest absolute Gasteiger partial charge is 0.417 e. The van der Waals surface area contributed by atoms with E-state index in [0.29, 0.717) is 17.8 Å². The summed E-state index contributed by atoms with van der Waals surface area (Å²) in [6.07, 6.45) is -1.25. The van der Waals surface area contributed by atoms with E-state index < -0.39 is 46.4 Å². The number of aromatic nitrogens is 2. The van der Waals surface area contributed by atoms with E-state index in [1.165, 1.54) is 12.0 Å². The van der Waals surface area contributed by atoms with Crippen molar-refractivity contribution in [3.63, 3.8) is 0 Å². The van der Waals surface area contributed by atoms with E-state index >= 15 is 4.39 Å². The van der Waals surface area contributed by atoms with Gasteiger partial charge in [-0.25, -0.2) is 8.78 Å². The number of methoxy groups -OCH3 is 1. The zero-order chi connectivity index (χ0) is 31.4. The van der Waals surface area contributed by atoms with Gasteiger partial charge in [0.2, 0.25) is 5.91 Å². The second-order valence-electron chi connectivity index (χ2n) is 10.1. The van der Waals surface area contributed by atoms with Gasteiger partial charge < -0.3 is 20.3 Å². The van der Waals surface area contributed by atoms with Crippen LogP contribution in [0.2, 0.25) is 0 Å². The highest BCUT2D eigenvalue weighted by molar-refractivity contribution is 7.23. The molecule has 0 radical (unpaired) electrons. The number of hydrogen-bond donors (Lipinski definition) is 1. The van der Waals surface area contributed by atoms with Gasteiger partial charge in [0.15, 0.2) is 5.82 Å². The molecule has 2 heterocycles. The van der Waals surface area contributed by atoms with Crippen LogP contribution in [0, 0.1) is 28.9 Å². The van der Waals surface area contributed by atoms with Crippen LogP contribution in [0.15, 0.2) is 30.4 Å². The number of hydrogen-bond acceptors (Lipinski definition) is 8. The summed E-state index contributed by atoms with van der Waals surface area (Å²) in [5.41, 5.74) is 2.53. The lowest BCUT2D eigenvalue weighted by molar-refractivity contribution is -0.137. The Hall–Kier alpha value is -4.51. The fourth-order valence-corrected chi connectivity index (χ4v) is 6.41. The van der Waals surface area contributed by atoms with Crippen LogP contribution >= 0.6 is 11.3 Å². The average molecular weight is 617 g/mol. The number of anilines is 2. The zero-order valence-electron chi connectivity index (χ0n) is 23.4. The number of ether oxygens (including phenoxy) is 1. The molecule has 0 bridgehead atoms. The Morgan fingerprint density at radius 3 is 2.56 bits per heavy atom. The van der Waals surface area contributed by atoms with Gasteiger partial charge in [-0.3, -0.25) is 4.79 Å². The third kappa shape index (κ3) is 4.97. The van der Waals surface area contributed by atoms with Gasteiger partial charge in [0.25, 0.3) is 0 Å². The molecule has 0 saturated heterocycles. The summed E-state index contributed by atoms with van der Waals surface area (Å²) >= 11 is 0.686. The molecular weight excluding hydrogens is 591 g/mol. The molecule has 0 fully saturated rings. The highest BCUT2D eigenvalue weighted by Crippen LogP contribution is 2.48. The van der Waals surface area contributed by atoms with E-state index in [-0.39, 0.29) is 55.9 Å². The molecule has 0 spiro atoms. The van der Waals surface area contributed by atoms with E-state index in [0.717, 1.165) is 18.2 Å². The summed E-state index contributed by atoms with van der Waals surface area (Å²) in [4.78, 5) is 24.1. The molecule has 0 saturated carbocycles. The highest BCUT2D eigenvalue weighted by atomic mass is 32.1. The quantitative estimate of drug-likeness (QED) is 0.205. The first-order valence-corrected chi connectivity index (χ1v) is 13.9. The Labute approximate surface area is 246 Å². The van der Waals surface area contributed by atoms with E-state index in [9.17, 15) is 27.6 Å². The summed E-state index contributed by atoms with van der Waals surface area (Å²) < 4.78 is 80.5. The molecule has 1 aliphatic carbocycles. The number of carbonyl (C=O) groups excluding carboxylic acids is 1. The molecular formula is C29H25F5N6O2S. The summed E-state index contributed by atoms with van der Waals surface area (Å²) in [6.45, 7) is 2.00. The molecule has 5 rings (SSSR count). The van der Waals surface area contributed by atoms with Crippen molar-refractivity contribution in [2.24, 2.45) is 5.92 Å². The van der Waals surface area contributed by atoms with Crippen LogP contribution in [0.4, 0.5) is 32.8 Å². The van der Waals surface area contributed by atoms with Gasteiger partial charge in [-0.1, -0.05) is 18.2 Å². The lowest BCUT2D eigenvalue weighted by Crippen LogP contribution is -2.36. The number of nitrogens with two attached hydrogens (primary N) is 1. The maximum atomic E-state index is 16.6. The zero-order valence-corrected chi connectivity index (χ0v) is 24.2. The molecule has 43 heavy (non-hydrogen) atoms. The standard InChI is InChI=1S/C29H25F5N6O2S/c1-5-40(14-7-6-13(10-14)27(41)39(2)3)26-16-11-18(29(32,33)34)21(22(31)23(16)37-28(38-26)42-4)15-8-9-19(30)24-20(15)17(12-35)25(36)43-24/h6-9,11,13-14H,5,10,36H2,1-4H3. The van der Waals surface area contributed by atoms with E-state index in [1.807, 2.05) is 0 Å². The Morgan fingerprint density at radius 2 is 1.95 bits per heavy atom. The van der Waals surface area contributed by atoms with Crippen molar-refractivity contribution in [3.8, 4) is 23.2 Å². The number of benzene rings is 2. The molecule has 8 nitrogen and oxygen atoms in total. The first-order chi connectivity index (χ1) is 20.3. The number of nitrogens with zero attached hydrogens (tertiary/aromatic N) is 5. The number of nitriles is 1. The summed E-state index contributed by atoms with van der Waals surface area (Å²) in [5.74, 6) is -2.77. The second-order valence-corrected chi connectivity index (χ2v) is 11.2. The Balaban J connectivity index is 1.81. The van der Waals surface area contributed by atoms with Crippen LogP contribution in [-0.4, -0.2) is 54.6 Å². The number of alkyl halides is 3. The van der Waals surface area contributed by atoms with E-state index in [1.54, 1.807) is 44.1 Å². The van der Waals surface area contributed by atoms with Crippen LogP contribution < -0.4 is 15.4 Å². The predicted octanol–water partition coefficient (Wildman–Crippen LogP) is 6.13. The number of halogens is 5. The molecule has 2 unspecified atom stereocenters. The molecule has 14 heteroatoms. The fourth-order valence-electron chi connectivity index (χ4n) is 5.46. The molecule has 1 amide bonds. The van der Waals surface area contributed by atoms with Crippen molar-refractivity contribution in [1.29, 1.82) is 5.26 Å². The number of amides is 1. The van der Waals surface area contributed by atoms with Crippen LogP contribution in [0.1, 0.15) is 24.5 Å². The van der Waals surface area contributed by atoms with Gasteiger partial charge in [0, 0.05) is 43.0 Å². The minimum atomic E-state index is -5.08. The average Bonchev–Trinajstić information content (AvgIpc) is 3.58. The summed E-state index contributed by atoms with van der Waals surface area (Å²) in [6, 6.07) is 3.71. The molecule has 2 N–H and O–H groups in total. The number of nitrogen functional groups attached to an aromatic ring is 1. The van der Waals surface area contributed by atoms with Crippen molar-refractivity contribution in [3.05, 3.63) is 53.1 Å². The van der Waals surface area contributed by atoms with Gasteiger partial charge in [-0.05, 0) is 31.0 Å². The molecule has 2 aromatic heterocycles. The van der Waals surface area contributed by atoms with Gasteiger partial charge in [-0.2, -0.15) is 28.4 Å². The number of fused-ring (bicyclic) bond motifs is 2. The van der Waals surface area contributed by atoms with Gasteiger partial charge in [-0.15, -0.1) is 11.3 Å². The van der Waals surface area contributed by atoms with Gasteiger partial charge in [0.05, 0.1) is 28.9 Å². The minimum Gasteiger partial charge on any atom is -0.467 e. The van der Waals surface area contributed by atoms with Crippen molar-refractivity contribution >= 4 is 49.1 Å². The maximum absolute atomic E-state index is 16.6. The first-order valence-electron chi connectivity index (χ1n) is 13.0. The normalized spacial score (nSPS) is 16.6. The number of carbonyl (C=O) groups is 1. The maximum Gasteiger partial charge on any atom is 0.417 e. The largest absolute Gasteiger partial charge is 0.467 e. The molecule has 2 atom stereocenters. The third-order valence-electron chi connectivity index (χ3n) is 7.41. The topological polar surface area (TPSA) is 108 Å². The third-order valence-corrected chi connectivity index (χ3v) is 8.44. The fraction of sp³-hybridized carbons (Fsp3) is 0.310. The van der Waals surface area contributed by atoms with Crippen molar-refractivity contribution in [2.45, 2.75) is 25.6 Å². The van der Waals surface area contributed by atoms with Gasteiger partial charge in [0.1, 0.15) is 28.2 Å². The predicted molar refractivity (Wildman–Crippen MR) is 154 cm³/mol. The van der Waals surface area contributed by atoms with E-state index in [4.69, 9.17) is 10.5 Å². The number of thiophene rings is 1. The van der Waals surface area contributed by atoms with Crippen LogP contribution in [-0.2, 0) is 11.0 Å². The minimum absolute atomic E-state index is 0.0188. The SMILES string of the molecule is CCN(c1nc(OC)nc2c(F)c(-c3ccc(F)c4sc(N)c(C#N)c34)c(C(F)(F)F)cc12)C1C=CC(C(=O)N(C)C)C1. The Bertz CT molecular complexity index is 1850. The second kappa shape index (κ2) is 11.0. The van der Waals surface area contributed by atoms with Crippen LogP contribution in [0.5, 0.6) is 6.01 Å². The summed E-state index contributed by atoms with van der Waals surface area (Å²) in [5, 5.41) is 9.11. The number of rotatable bonds is 6. The lowest BCUT2D eigenvalue weighted by Gasteiger charge is -2.30. The molecule has 0 aliphatic heterocycles. The molecule has 2 aromatic carbocycles. The van der Waals surface area contributed by atoms with Crippen LogP contribution in [0.25, 0.3) is 32.1 Å². The summed E-state index contributed by atoms with van der Waals surface area (Å²) in [7, 11) is 4.49. The highest BCUT2D eigenvalue weighted by Gasteiger charge is 2.39. The molecule has 4 aromatic rings. The first kappa shape index (κ1) is 30.0. The molecule has 1 aliphatic rings.